The zero-order chi connectivity index (χ0) is 16.2. The molecule has 1 aliphatic rings. The number of aliphatic hydroxyl groups is 1. The summed E-state index contributed by atoms with van der Waals surface area (Å²) in [5.74, 6) is 1.10. The van der Waals surface area contributed by atoms with Crippen molar-refractivity contribution in [1.82, 2.24) is 10.1 Å². The molecule has 2 aromatic rings. The number of nitrogens with zero attached hydrogens (tertiary/aromatic N) is 2. The van der Waals surface area contributed by atoms with Gasteiger partial charge < -0.3 is 14.4 Å². The summed E-state index contributed by atoms with van der Waals surface area (Å²) in [5, 5.41) is 14.1. The smallest absolute Gasteiger partial charge is 0.154 e. The van der Waals surface area contributed by atoms with Gasteiger partial charge in [-0.3, -0.25) is 4.90 Å². The fourth-order valence-electron chi connectivity index (χ4n) is 2.95. The molecule has 1 aromatic carbocycles. The molecule has 23 heavy (non-hydrogen) atoms. The van der Waals surface area contributed by atoms with E-state index < -0.39 is 6.10 Å². The van der Waals surface area contributed by atoms with Crippen LogP contribution >= 0.6 is 0 Å². The first-order chi connectivity index (χ1) is 11.1. The Balaban J connectivity index is 1.52. The van der Waals surface area contributed by atoms with Crippen molar-refractivity contribution in [2.24, 2.45) is 0 Å². The zero-order valence-electron chi connectivity index (χ0n) is 13.1. The summed E-state index contributed by atoms with van der Waals surface area (Å²) in [5.41, 5.74) is 0.868. The monoisotopic (exact) mass is 320 g/mol. The first-order valence-corrected chi connectivity index (χ1v) is 7.85. The normalized spacial score (nSPS) is 19.9. The highest BCUT2D eigenvalue weighted by Crippen LogP contribution is 2.32. The van der Waals surface area contributed by atoms with Crippen LogP contribution in [0.5, 0.6) is 5.75 Å². The van der Waals surface area contributed by atoms with Crippen LogP contribution in [-0.2, 0) is 0 Å². The number of rotatable bonds is 6. The van der Waals surface area contributed by atoms with Crippen LogP contribution in [-0.4, -0.2) is 41.0 Å². The van der Waals surface area contributed by atoms with E-state index in [9.17, 15) is 9.50 Å². The number of likely N-dealkylation sites (tertiary alicyclic amines) is 1. The van der Waals surface area contributed by atoms with Crippen LogP contribution in [0.1, 0.15) is 30.3 Å². The second-order valence-electron chi connectivity index (χ2n) is 5.94. The van der Waals surface area contributed by atoms with Gasteiger partial charge in [0.25, 0.3) is 0 Å². The number of hydrogen-bond acceptors (Lipinski definition) is 5. The average Bonchev–Trinajstić information content (AvgIpc) is 3.15. The fraction of sp³-hybridized carbons (Fsp3) is 0.471. The molecule has 1 fully saturated rings. The molecule has 0 amide bonds. The minimum absolute atomic E-state index is 0.164. The number of aromatic nitrogens is 1. The summed E-state index contributed by atoms with van der Waals surface area (Å²) in [4.78, 5) is 2.19. The van der Waals surface area contributed by atoms with Gasteiger partial charge in [0.2, 0.25) is 0 Å². The van der Waals surface area contributed by atoms with E-state index >= 15 is 0 Å². The standard InChI is InChI=1S/C17H21FN2O3/c1-12-9-17(23-19-12)16-3-2-8-20(16)10-14(21)11-22-15-6-4-13(18)5-7-15/h4-7,9,14,16,21H,2-3,8,10-11H2,1H3/t14-,16-/m0/s1. The van der Waals surface area contributed by atoms with Gasteiger partial charge in [0, 0.05) is 12.6 Å². The van der Waals surface area contributed by atoms with Gasteiger partial charge in [0.1, 0.15) is 24.3 Å². The summed E-state index contributed by atoms with van der Waals surface area (Å²) in [6.45, 7) is 3.49. The molecule has 0 aliphatic carbocycles. The maximum absolute atomic E-state index is 12.8. The number of aliphatic hydroxyl groups excluding tert-OH is 1. The van der Waals surface area contributed by atoms with E-state index in [4.69, 9.17) is 9.26 Å². The van der Waals surface area contributed by atoms with E-state index in [0.717, 1.165) is 30.8 Å². The Hall–Kier alpha value is -1.92. The van der Waals surface area contributed by atoms with Crippen molar-refractivity contribution in [3.63, 3.8) is 0 Å². The molecular formula is C17H21FN2O3. The maximum Gasteiger partial charge on any atom is 0.154 e. The van der Waals surface area contributed by atoms with Crippen LogP contribution < -0.4 is 4.74 Å². The van der Waals surface area contributed by atoms with Crippen LogP contribution in [0.2, 0.25) is 0 Å². The van der Waals surface area contributed by atoms with Crippen molar-refractivity contribution < 1.29 is 18.8 Å². The number of β-amino-alcohol motifs (C(OH)–C–C–N with tert-alkyl or cyclic N) is 1. The van der Waals surface area contributed by atoms with Crippen LogP contribution in [0.4, 0.5) is 4.39 Å². The SMILES string of the molecule is Cc1cc([C@@H]2CCCN2C[C@H](O)COc2ccc(F)cc2)on1. The Morgan fingerprint density at radius 2 is 2.22 bits per heavy atom. The molecule has 0 spiro atoms. The summed E-state index contributed by atoms with van der Waals surface area (Å²) in [7, 11) is 0. The van der Waals surface area contributed by atoms with Gasteiger partial charge >= 0.3 is 0 Å². The highest BCUT2D eigenvalue weighted by atomic mass is 19.1. The summed E-state index contributed by atoms with van der Waals surface area (Å²) in [6.07, 6.45) is 1.44. The fourth-order valence-corrected chi connectivity index (χ4v) is 2.95. The van der Waals surface area contributed by atoms with Gasteiger partial charge in [0.15, 0.2) is 5.76 Å². The van der Waals surface area contributed by atoms with Crippen molar-refractivity contribution >= 4 is 0 Å². The van der Waals surface area contributed by atoms with Crippen LogP contribution in [0.15, 0.2) is 34.9 Å². The molecule has 2 atom stereocenters. The Labute approximate surface area is 134 Å². The summed E-state index contributed by atoms with van der Waals surface area (Å²) < 4.78 is 23.7. The molecule has 124 valence electrons. The number of ether oxygens (including phenoxy) is 1. The molecular weight excluding hydrogens is 299 g/mol. The van der Waals surface area contributed by atoms with Crippen molar-refractivity contribution in [2.75, 3.05) is 19.7 Å². The number of hydrogen-bond donors (Lipinski definition) is 1. The Kier molecular flexibility index (Phi) is 4.93. The van der Waals surface area contributed by atoms with Gasteiger partial charge in [-0.25, -0.2) is 4.39 Å². The van der Waals surface area contributed by atoms with E-state index in [1.165, 1.54) is 12.1 Å². The predicted molar refractivity (Wildman–Crippen MR) is 82.7 cm³/mol. The first kappa shape index (κ1) is 16.0. The summed E-state index contributed by atoms with van der Waals surface area (Å²) >= 11 is 0. The van der Waals surface area contributed by atoms with E-state index in [0.29, 0.717) is 12.3 Å². The lowest BCUT2D eigenvalue weighted by molar-refractivity contribution is 0.0597. The highest BCUT2D eigenvalue weighted by molar-refractivity contribution is 5.22. The third kappa shape index (κ3) is 4.09. The van der Waals surface area contributed by atoms with Gasteiger partial charge in [-0.05, 0) is 50.6 Å². The summed E-state index contributed by atoms with van der Waals surface area (Å²) in [6, 6.07) is 7.90. The molecule has 1 N–H and O–H groups in total. The average molecular weight is 320 g/mol. The van der Waals surface area contributed by atoms with E-state index in [1.54, 1.807) is 12.1 Å². The van der Waals surface area contributed by atoms with Crippen LogP contribution in [0.3, 0.4) is 0 Å². The third-order valence-corrected chi connectivity index (χ3v) is 4.04. The zero-order valence-corrected chi connectivity index (χ0v) is 13.1. The third-order valence-electron chi connectivity index (χ3n) is 4.04. The molecule has 3 rings (SSSR count). The Morgan fingerprint density at radius 3 is 2.91 bits per heavy atom. The number of benzene rings is 1. The lowest BCUT2D eigenvalue weighted by atomic mass is 10.1. The topological polar surface area (TPSA) is 58.7 Å². The van der Waals surface area contributed by atoms with E-state index in [2.05, 4.69) is 10.1 Å². The second-order valence-corrected chi connectivity index (χ2v) is 5.94. The van der Waals surface area contributed by atoms with E-state index in [1.807, 2.05) is 13.0 Å². The minimum atomic E-state index is -0.621. The van der Waals surface area contributed by atoms with E-state index in [-0.39, 0.29) is 18.5 Å². The first-order valence-electron chi connectivity index (χ1n) is 7.85. The minimum Gasteiger partial charge on any atom is -0.491 e. The molecule has 6 heteroatoms. The van der Waals surface area contributed by atoms with Crippen molar-refractivity contribution in [2.45, 2.75) is 31.9 Å². The highest BCUT2D eigenvalue weighted by Gasteiger charge is 2.30. The molecule has 2 heterocycles. The molecule has 0 unspecified atom stereocenters. The Morgan fingerprint density at radius 1 is 1.43 bits per heavy atom. The van der Waals surface area contributed by atoms with Crippen molar-refractivity contribution in [3.8, 4) is 5.75 Å². The van der Waals surface area contributed by atoms with Crippen molar-refractivity contribution in [1.29, 1.82) is 0 Å². The maximum atomic E-state index is 12.8. The molecule has 5 nitrogen and oxygen atoms in total. The molecule has 1 aromatic heterocycles. The van der Waals surface area contributed by atoms with Crippen LogP contribution in [0, 0.1) is 12.7 Å². The molecule has 0 radical (unpaired) electrons. The number of halogens is 1. The molecule has 0 bridgehead atoms. The molecule has 1 aliphatic heterocycles. The number of aryl methyl sites for hydroxylation is 1. The lowest BCUT2D eigenvalue weighted by Crippen LogP contribution is -2.35. The quantitative estimate of drug-likeness (QED) is 0.887. The molecule has 1 saturated heterocycles. The van der Waals surface area contributed by atoms with Gasteiger partial charge in [-0.2, -0.15) is 0 Å². The van der Waals surface area contributed by atoms with Crippen molar-refractivity contribution in [3.05, 3.63) is 47.6 Å². The largest absolute Gasteiger partial charge is 0.491 e. The predicted octanol–water partition coefficient (Wildman–Crippen LogP) is 2.70. The second kappa shape index (κ2) is 7.10. The van der Waals surface area contributed by atoms with Crippen LogP contribution in [0.25, 0.3) is 0 Å². The van der Waals surface area contributed by atoms with Gasteiger partial charge in [0.05, 0.1) is 11.7 Å². The van der Waals surface area contributed by atoms with Gasteiger partial charge in [-0.15, -0.1) is 0 Å². The molecule has 0 saturated carbocycles. The van der Waals surface area contributed by atoms with Gasteiger partial charge in [-0.1, -0.05) is 5.16 Å². The lowest BCUT2D eigenvalue weighted by Gasteiger charge is -2.25. The Bertz CT molecular complexity index is 629.